The Hall–Kier alpha value is -1.82. The van der Waals surface area contributed by atoms with E-state index < -0.39 is 0 Å². The third-order valence-corrected chi connectivity index (χ3v) is 4.08. The van der Waals surface area contributed by atoms with Gasteiger partial charge in [0.25, 0.3) is 0 Å². The quantitative estimate of drug-likeness (QED) is 0.347. The molecule has 25 heavy (non-hydrogen) atoms. The lowest BCUT2D eigenvalue weighted by Gasteiger charge is -2.26. The van der Waals surface area contributed by atoms with Gasteiger partial charge in [-0.2, -0.15) is 0 Å². The first-order chi connectivity index (χ1) is 12.4. The van der Waals surface area contributed by atoms with Crippen LogP contribution in [0.15, 0.2) is 37.5 Å². The topological polar surface area (TPSA) is 36.9 Å². The monoisotopic (exact) mass is 342 g/mol. The second-order valence-corrected chi connectivity index (χ2v) is 5.81. The highest BCUT2D eigenvalue weighted by Gasteiger charge is 2.45. The average molecular weight is 342 g/mol. The number of rotatable bonds is 10. The van der Waals surface area contributed by atoms with E-state index in [0.717, 1.165) is 6.42 Å². The minimum Gasteiger partial charge on any atom is -0.365 e. The van der Waals surface area contributed by atoms with Gasteiger partial charge in [0, 0.05) is 11.8 Å². The Balaban J connectivity index is 1.70. The molecule has 0 radical (unpaired) electrons. The lowest BCUT2D eigenvalue weighted by atomic mass is 10.0. The smallest absolute Gasteiger partial charge is 0.108 e. The van der Waals surface area contributed by atoms with Crippen LogP contribution in [0.5, 0.6) is 0 Å². The summed E-state index contributed by atoms with van der Waals surface area (Å²) in [5.74, 6) is 12.7. The van der Waals surface area contributed by atoms with Crippen LogP contribution in [0, 0.1) is 35.5 Å². The number of fused-ring (bicyclic) bond motifs is 2. The second kappa shape index (κ2) is 11.7. The summed E-state index contributed by atoms with van der Waals surface area (Å²) >= 11 is 0. The molecular formula is C21H26O4. The van der Waals surface area contributed by atoms with Crippen LogP contribution in [0.4, 0.5) is 0 Å². The van der Waals surface area contributed by atoms with E-state index in [-0.39, 0.29) is 12.2 Å². The first kappa shape index (κ1) is 19.5. The molecule has 134 valence electrons. The van der Waals surface area contributed by atoms with E-state index >= 15 is 0 Å². The van der Waals surface area contributed by atoms with Crippen LogP contribution in [0.1, 0.15) is 6.42 Å². The Morgan fingerprint density at radius 3 is 1.64 bits per heavy atom. The first-order valence-corrected chi connectivity index (χ1v) is 8.57. The molecule has 0 aliphatic heterocycles. The Morgan fingerprint density at radius 1 is 0.760 bits per heavy atom. The summed E-state index contributed by atoms with van der Waals surface area (Å²) < 4.78 is 22.3. The van der Waals surface area contributed by atoms with Gasteiger partial charge >= 0.3 is 0 Å². The Kier molecular flexibility index (Phi) is 9.12. The van der Waals surface area contributed by atoms with Gasteiger partial charge in [0.15, 0.2) is 0 Å². The highest BCUT2D eigenvalue weighted by molar-refractivity contribution is 5.16. The standard InChI is InChI=1S/C21H26O4/c1-3-11-22-13-5-7-15-24-20-18-9-10-19(17-18)21(20)25-16-8-6-14-23-12-4-2/h3-4,9-10,18-21H,1-2,11-17H2/t18-,19+,20-,21+. The third kappa shape index (κ3) is 6.53. The summed E-state index contributed by atoms with van der Waals surface area (Å²) in [6.45, 7) is 9.78. The molecule has 4 atom stereocenters. The number of hydrogen-bond acceptors (Lipinski definition) is 4. The van der Waals surface area contributed by atoms with E-state index in [1.807, 2.05) is 0 Å². The van der Waals surface area contributed by atoms with Gasteiger partial charge in [-0.05, 0) is 6.42 Å². The molecule has 2 bridgehead atoms. The third-order valence-electron chi connectivity index (χ3n) is 4.08. The Morgan fingerprint density at radius 2 is 1.20 bits per heavy atom. The fourth-order valence-electron chi connectivity index (χ4n) is 3.03. The fraction of sp³-hybridized carbons (Fsp3) is 0.524. The molecule has 1 saturated carbocycles. The molecule has 4 nitrogen and oxygen atoms in total. The fourth-order valence-corrected chi connectivity index (χ4v) is 3.03. The maximum Gasteiger partial charge on any atom is 0.108 e. The number of hydrogen-bond donors (Lipinski definition) is 0. The lowest BCUT2D eigenvalue weighted by molar-refractivity contribution is -0.0600. The summed E-state index contributed by atoms with van der Waals surface area (Å²) in [7, 11) is 0. The molecule has 2 aliphatic carbocycles. The zero-order valence-electron chi connectivity index (χ0n) is 14.6. The van der Waals surface area contributed by atoms with E-state index in [2.05, 4.69) is 49.0 Å². The van der Waals surface area contributed by atoms with Gasteiger partial charge in [-0.25, -0.2) is 0 Å². The highest BCUT2D eigenvalue weighted by atomic mass is 16.5. The van der Waals surface area contributed by atoms with Gasteiger partial charge < -0.3 is 18.9 Å². The van der Waals surface area contributed by atoms with E-state index in [1.54, 1.807) is 12.2 Å². The van der Waals surface area contributed by atoms with Crippen LogP contribution in [0.2, 0.25) is 0 Å². The van der Waals surface area contributed by atoms with Crippen molar-refractivity contribution in [2.75, 3.05) is 39.6 Å². The molecule has 0 aromatic heterocycles. The van der Waals surface area contributed by atoms with Crippen molar-refractivity contribution in [2.24, 2.45) is 11.8 Å². The molecular weight excluding hydrogens is 316 g/mol. The highest BCUT2D eigenvalue weighted by Crippen LogP contribution is 2.42. The zero-order valence-corrected chi connectivity index (χ0v) is 14.6. The second-order valence-electron chi connectivity index (χ2n) is 5.81. The minimum absolute atomic E-state index is 0.0530. The first-order valence-electron chi connectivity index (χ1n) is 8.57. The van der Waals surface area contributed by atoms with Gasteiger partial charge in [0.1, 0.15) is 26.4 Å². The largest absolute Gasteiger partial charge is 0.365 e. The summed E-state index contributed by atoms with van der Waals surface area (Å²) in [6, 6.07) is 0. The van der Waals surface area contributed by atoms with E-state index in [9.17, 15) is 0 Å². The van der Waals surface area contributed by atoms with Crippen molar-refractivity contribution in [3.63, 3.8) is 0 Å². The van der Waals surface area contributed by atoms with E-state index in [4.69, 9.17) is 18.9 Å². The van der Waals surface area contributed by atoms with Crippen molar-refractivity contribution in [1.29, 1.82) is 0 Å². The summed E-state index contributed by atoms with van der Waals surface area (Å²) in [5, 5.41) is 0. The molecule has 1 fully saturated rings. The zero-order chi connectivity index (χ0) is 17.7. The maximum absolute atomic E-state index is 5.96. The molecule has 2 aliphatic rings. The minimum atomic E-state index is 0.0530. The Bertz CT molecular complexity index is 522. The molecule has 0 saturated heterocycles. The molecule has 2 rings (SSSR count). The van der Waals surface area contributed by atoms with Crippen molar-refractivity contribution >= 4 is 0 Å². The van der Waals surface area contributed by atoms with Crippen LogP contribution in [0.3, 0.4) is 0 Å². The SMILES string of the molecule is C=CCOCC#CCO[C@@H]1[C@H](OCC#CCOCC=C)[C@@H]2C=C[C@H]1C2. The van der Waals surface area contributed by atoms with Crippen molar-refractivity contribution < 1.29 is 18.9 Å². The van der Waals surface area contributed by atoms with Crippen LogP contribution in [0.25, 0.3) is 0 Å². The van der Waals surface area contributed by atoms with Gasteiger partial charge in [-0.3, -0.25) is 0 Å². The van der Waals surface area contributed by atoms with Gasteiger partial charge in [0.2, 0.25) is 0 Å². The van der Waals surface area contributed by atoms with Crippen LogP contribution >= 0.6 is 0 Å². The van der Waals surface area contributed by atoms with Crippen molar-refractivity contribution in [3.8, 4) is 23.7 Å². The van der Waals surface area contributed by atoms with Crippen molar-refractivity contribution in [2.45, 2.75) is 18.6 Å². The molecule has 0 amide bonds. The van der Waals surface area contributed by atoms with Crippen LogP contribution < -0.4 is 0 Å². The van der Waals surface area contributed by atoms with Crippen LogP contribution in [-0.2, 0) is 18.9 Å². The molecule has 4 heteroatoms. The number of ether oxygens (including phenoxy) is 4. The van der Waals surface area contributed by atoms with Crippen molar-refractivity contribution in [1.82, 2.24) is 0 Å². The summed E-state index contributed by atoms with van der Waals surface area (Å²) in [6.07, 6.45) is 9.05. The van der Waals surface area contributed by atoms with E-state index in [0.29, 0.717) is 51.5 Å². The molecule has 0 heterocycles. The summed E-state index contributed by atoms with van der Waals surface area (Å²) in [5.41, 5.74) is 0. The van der Waals surface area contributed by atoms with Gasteiger partial charge in [-0.1, -0.05) is 48.0 Å². The predicted molar refractivity (Wildman–Crippen MR) is 97.8 cm³/mol. The maximum atomic E-state index is 5.96. The lowest BCUT2D eigenvalue weighted by Crippen LogP contribution is -2.35. The molecule has 0 spiro atoms. The normalized spacial score (nSPS) is 25.8. The summed E-state index contributed by atoms with van der Waals surface area (Å²) in [4.78, 5) is 0. The van der Waals surface area contributed by atoms with Gasteiger partial charge in [0.05, 0.1) is 25.4 Å². The average Bonchev–Trinajstić information content (AvgIpc) is 3.22. The molecule has 0 aromatic rings. The molecule has 0 N–H and O–H groups in total. The molecule has 0 aromatic carbocycles. The van der Waals surface area contributed by atoms with Crippen LogP contribution in [-0.4, -0.2) is 51.8 Å². The van der Waals surface area contributed by atoms with Gasteiger partial charge in [-0.15, -0.1) is 13.2 Å². The molecule has 0 unspecified atom stereocenters. The van der Waals surface area contributed by atoms with E-state index in [1.165, 1.54) is 0 Å². The predicted octanol–water partition coefficient (Wildman–Crippen LogP) is 2.37. The Labute approximate surface area is 150 Å². The van der Waals surface area contributed by atoms with Crippen molar-refractivity contribution in [3.05, 3.63) is 37.5 Å².